The minimum absolute atomic E-state index is 0.210. The van der Waals surface area contributed by atoms with Crippen molar-refractivity contribution in [2.75, 3.05) is 12.3 Å². The number of amides is 1. The van der Waals surface area contributed by atoms with Gasteiger partial charge < -0.3 is 16.2 Å². The number of aromatic hydroxyl groups is 1. The third kappa shape index (κ3) is 3.45. The van der Waals surface area contributed by atoms with E-state index in [4.69, 9.17) is 10.8 Å². The van der Waals surface area contributed by atoms with Crippen LogP contribution in [0.4, 0.5) is 5.69 Å². The zero-order valence-electron chi connectivity index (χ0n) is 10.3. The number of nitrogens with one attached hydrogen (secondary N) is 1. The predicted octanol–water partition coefficient (Wildman–Crippen LogP) is 1.34. The van der Waals surface area contributed by atoms with Gasteiger partial charge in [0, 0.05) is 12.7 Å². The van der Waals surface area contributed by atoms with Crippen molar-refractivity contribution in [3.05, 3.63) is 53.9 Å². The van der Waals surface area contributed by atoms with Crippen LogP contribution in [0.25, 0.3) is 0 Å². The minimum Gasteiger partial charge on any atom is -0.508 e. The fraction of sp³-hybridized carbons (Fsp3) is 0.143. The summed E-state index contributed by atoms with van der Waals surface area (Å²) in [6, 6.07) is 8.48. The highest BCUT2D eigenvalue weighted by Gasteiger charge is 2.08. The van der Waals surface area contributed by atoms with Crippen LogP contribution >= 0.6 is 0 Å². The fourth-order valence-electron chi connectivity index (χ4n) is 1.69. The number of nitrogens with zero attached hydrogens (tertiary/aromatic N) is 1. The van der Waals surface area contributed by atoms with E-state index in [9.17, 15) is 4.79 Å². The molecule has 1 heterocycles. The van der Waals surface area contributed by atoms with Gasteiger partial charge in [0.15, 0.2) is 0 Å². The number of nitrogen functional groups attached to an aromatic ring is 1. The molecule has 1 aromatic carbocycles. The van der Waals surface area contributed by atoms with Crippen LogP contribution in [0.5, 0.6) is 5.75 Å². The summed E-state index contributed by atoms with van der Waals surface area (Å²) < 4.78 is 0. The maximum atomic E-state index is 11.9. The number of hydrogen-bond acceptors (Lipinski definition) is 4. The highest BCUT2D eigenvalue weighted by molar-refractivity contribution is 5.98. The number of anilines is 1. The minimum atomic E-state index is -0.210. The van der Waals surface area contributed by atoms with Crippen LogP contribution in [-0.2, 0) is 6.42 Å². The van der Waals surface area contributed by atoms with E-state index in [1.807, 2.05) is 12.1 Å². The molecule has 0 aliphatic rings. The van der Waals surface area contributed by atoms with Gasteiger partial charge in [0.2, 0.25) is 0 Å². The van der Waals surface area contributed by atoms with Crippen LogP contribution in [0.2, 0.25) is 0 Å². The number of nitrogens with two attached hydrogens (primary N) is 1. The van der Waals surface area contributed by atoms with Crippen LogP contribution in [-0.4, -0.2) is 22.5 Å². The number of pyridine rings is 1. The quantitative estimate of drug-likeness (QED) is 0.771. The smallest absolute Gasteiger partial charge is 0.253 e. The zero-order chi connectivity index (χ0) is 13.7. The Kier molecular flexibility index (Phi) is 3.97. The van der Waals surface area contributed by atoms with Crippen LogP contribution in [0.3, 0.4) is 0 Å². The molecule has 5 heteroatoms. The van der Waals surface area contributed by atoms with Gasteiger partial charge in [0.05, 0.1) is 17.4 Å². The van der Waals surface area contributed by atoms with Crippen molar-refractivity contribution in [1.82, 2.24) is 10.3 Å². The molecule has 0 saturated heterocycles. The molecule has 2 aromatic rings. The largest absolute Gasteiger partial charge is 0.508 e. The predicted molar refractivity (Wildman–Crippen MR) is 72.8 cm³/mol. The summed E-state index contributed by atoms with van der Waals surface area (Å²) in [4.78, 5) is 15.7. The van der Waals surface area contributed by atoms with Crippen LogP contribution < -0.4 is 11.1 Å². The molecule has 1 amide bonds. The van der Waals surface area contributed by atoms with Gasteiger partial charge >= 0.3 is 0 Å². The SMILES string of the molecule is Nc1cnccc1C(=O)NCCc1ccc(O)cc1. The molecule has 19 heavy (non-hydrogen) atoms. The van der Waals surface area contributed by atoms with Crippen molar-refractivity contribution in [2.24, 2.45) is 0 Å². The van der Waals surface area contributed by atoms with E-state index in [2.05, 4.69) is 10.3 Å². The molecule has 0 bridgehead atoms. The lowest BCUT2D eigenvalue weighted by Crippen LogP contribution is -2.26. The maximum absolute atomic E-state index is 11.9. The molecule has 98 valence electrons. The lowest BCUT2D eigenvalue weighted by atomic mass is 10.1. The summed E-state index contributed by atoms with van der Waals surface area (Å²) in [6.45, 7) is 0.505. The van der Waals surface area contributed by atoms with Gasteiger partial charge in [-0.15, -0.1) is 0 Å². The second-order valence-corrected chi connectivity index (χ2v) is 4.14. The lowest BCUT2D eigenvalue weighted by Gasteiger charge is -2.07. The number of carbonyl (C=O) groups excluding carboxylic acids is 1. The molecule has 0 aliphatic carbocycles. The third-order valence-electron chi connectivity index (χ3n) is 2.73. The molecular formula is C14H15N3O2. The van der Waals surface area contributed by atoms with E-state index < -0.39 is 0 Å². The number of aromatic nitrogens is 1. The second-order valence-electron chi connectivity index (χ2n) is 4.14. The summed E-state index contributed by atoms with van der Waals surface area (Å²) in [5, 5.41) is 12.0. The van der Waals surface area contributed by atoms with E-state index in [1.54, 1.807) is 18.2 Å². The molecular weight excluding hydrogens is 242 g/mol. The Morgan fingerprint density at radius 2 is 2.00 bits per heavy atom. The van der Waals surface area contributed by atoms with Gasteiger partial charge in [0.25, 0.3) is 5.91 Å². The van der Waals surface area contributed by atoms with Gasteiger partial charge in [-0.05, 0) is 30.2 Å². The number of phenols is 1. The van der Waals surface area contributed by atoms with Gasteiger partial charge in [0.1, 0.15) is 5.75 Å². The van der Waals surface area contributed by atoms with Gasteiger partial charge in [-0.3, -0.25) is 9.78 Å². The maximum Gasteiger partial charge on any atom is 0.253 e. The number of rotatable bonds is 4. The van der Waals surface area contributed by atoms with Gasteiger partial charge in [-0.25, -0.2) is 0 Å². The first kappa shape index (κ1) is 12.9. The van der Waals surface area contributed by atoms with Gasteiger partial charge in [-0.2, -0.15) is 0 Å². The number of carbonyl (C=O) groups is 1. The van der Waals surface area contributed by atoms with Crippen molar-refractivity contribution < 1.29 is 9.90 Å². The Labute approximate surface area is 111 Å². The van der Waals surface area contributed by atoms with Crippen LogP contribution in [0.15, 0.2) is 42.7 Å². The Bertz CT molecular complexity index is 567. The Morgan fingerprint density at radius 3 is 2.68 bits per heavy atom. The molecule has 5 nitrogen and oxygen atoms in total. The van der Waals surface area contributed by atoms with Crippen molar-refractivity contribution in [2.45, 2.75) is 6.42 Å². The molecule has 0 unspecified atom stereocenters. The molecule has 1 aromatic heterocycles. The summed E-state index contributed by atoms with van der Waals surface area (Å²) in [5.74, 6) is 0.0241. The highest BCUT2D eigenvalue weighted by Crippen LogP contribution is 2.10. The molecule has 0 radical (unpaired) electrons. The Balaban J connectivity index is 1.88. The van der Waals surface area contributed by atoms with E-state index >= 15 is 0 Å². The van der Waals surface area contributed by atoms with Crippen molar-refractivity contribution in [3.8, 4) is 5.75 Å². The Hall–Kier alpha value is -2.56. The van der Waals surface area contributed by atoms with E-state index in [0.717, 1.165) is 5.56 Å². The number of benzene rings is 1. The number of phenolic OH excluding ortho intramolecular Hbond substituents is 1. The summed E-state index contributed by atoms with van der Waals surface area (Å²) >= 11 is 0. The molecule has 0 aliphatic heterocycles. The molecule has 0 fully saturated rings. The van der Waals surface area contributed by atoms with Crippen molar-refractivity contribution in [1.29, 1.82) is 0 Å². The molecule has 4 N–H and O–H groups in total. The molecule has 0 spiro atoms. The molecule has 0 atom stereocenters. The zero-order valence-corrected chi connectivity index (χ0v) is 10.3. The first-order valence-corrected chi connectivity index (χ1v) is 5.92. The van der Waals surface area contributed by atoms with Crippen LogP contribution in [0, 0.1) is 0 Å². The summed E-state index contributed by atoms with van der Waals surface area (Å²) in [6.07, 6.45) is 3.68. The van der Waals surface area contributed by atoms with E-state index in [1.165, 1.54) is 12.4 Å². The lowest BCUT2D eigenvalue weighted by molar-refractivity contribution is 0.0955. The summed E-state index contributed by atoms with van der Waals surface area (Å²) in [5.41, 5.74) is 7.51. The standard InChI is InChI=1S/C14H15N3O2/c15-13-9-16-7-6-12(13)14(19)17-8-5-10-1-3-11(18)4-2-10/h1-4,6-7,9,18H,5,8,15H2,(H,17,19). The topological polar surface area (TPSA) is 88.2 Å². The van der Waals surface area contributed by atoms with Crippen molar-refractivity contribution in [3.63, 3.8) is 0 Å². The first-order chi connectivity index (χ1) is 9.16. The monoisotopic (exact) mass is 257 g/mol. The second kappa shape index (κ2) is 5.86. The normalized spacial score (nSPS) is 10.1. The molecule has 2 rings (SSSR count). The highest BCUT2D eigenvalue weighted by atomic mass is 16.3. The van der Waals surface area contributed by atoms with Gasteiger partial charge in [-0.1, -0.05) is 12.1 Å². The van der Waals surface area contributed by atoms with Crippen molar-refractivity contribution >= 4 is 11.6 Å². The first-order valence-electron chi connectivity index (χ1n) is 5.92. The average Bonchev–Trinajstić information content (AvgIpc) is 2.41. The van der Waals surface area contributed by atoms with E-state index in [0.29, 0.717) is 24.2 Å². The number of hydrogen-bond donors (Lipinski definition) is 3. The van der Waals surface area contributed by atoms with Crippen LogP contribution in [0.1, 0.15) is 15.9 Å². The fourth-order valence-corrected chi connectivity index (χ4v) is 1.69. The third-order valence-corrected chi connectivity index (χ3v) is 2.73. The van der Waals surface area contributed by atoms with E-state index in [-0.39, 0.29) is 11.7 Å². The molecule has 0 saturated carbocycles. The Morgan fingerprint density at radius 1 is 1.26 bits per heavy atom. The average molecular weight is 257 g/mol. The summed E-state index contributed by atoms with van der Waals surface area (Å²) in [7, 11) is 0.